The van der Waals surface area contributed by atoms with Crippen LogP contribution in [0, 0.1) is 11.6 Å². The van der Waals surface area contributed by atoms with E-state index in [0.29, 0.717) is 18.5 Å². The maximum absolute atomic E-state index is 13.4. The Hall–Kier alpha value is -2.61. The van der Waals surface area contributed by atoms with E-state index in [4.69, 9.17) is 0 Å². The first kappa shape index (κ1) is 21.7. The third kappa shape index (κ3) is 6.53. The molecule has 0 aliphatic rings. The molecule has 1 atom stereocenters. The molecule has 1 N–H and O–H groups in total. The van der Waals surface area contributed by atoms with Crippen LogP contribution in [0.3, 0.4) is 0 Å². The Bertz CT molecular complexity index is 784. The average Bonchev–Trinajstić information content (AvgIpc) is 2.64. The van der Waals surface area contributed by atoms with E-state index in [1.165, 1.54) is 18.2 Å². The molecular weight excluding hydrogens is 376 g/mol. The first-order valence-corrected chi connectivity index (χ1v) is 8.72. The minimum Gasteiger partial charge on any atom is -0.435 e. The number of halogens is 4. The monoisotopic (exact) mass is 398 g/mol. The molecule has 0 heterocycles. The highest BCUT2D eigenvalue weighted by molar-refractivity contribution is 5.78. The molecule has 0 saturated heterocycles. The van der Waals surface area contributed by atoms with Crippen LogP contribution in [0.15, 0.2) is 42.5 Å². The number of alkyl halides is 2. The van der Waals surface area contributed by atoms with E-state index >= 15 is 0 Å². The molecule has 0 spiro atoms. The molecule has 152 valence electrons. The molecule has 0 saturated carbocycles. The van der Waals surface area contributed by atoms with Gasteiger partial charge in [0.25, 0.3) is 0 Å². The molecule has 2 aromatic rings. The van der Waals surface area contributed by atoms with Gasteiger partial charge in [-0.15, -0.1) is 0 Å². The molecule has 0 radical (unpaired) electrons. The van der Waals surface area contributed by atoms with Gasteiger partial charge in [0.2, 0.25) is 5.91 Å². The number of hydrogen-bond donors (Lipinski definition) is 1. The SMILES string of the molecule is CC(c1ccc(F)c(F)c1)N(C)CC(=O)NCCc1ccc(OC(F)F)cc1. The predicted molar refractivity (Wildman–Crippen MR) is 97.2 cm³/mol. The summed E-state index contributed by atoms with van der Waals surface area (Å²) in [5.41, 5.74) is 1.44. The average molecular weight is 398 g/mol. The molecule has 0 bridgehead atoms. The number of amides is 1. The fourth-order valence-corrected chi connectivity index (χ4v) is 2.63. The quantitative estimate of drug-likeness (QED) is 0.651. The van der Waals surface area contributed by atoms with Crippen molar-refractivity contribution in [3.05, 3.63) is 65.2 Å². The molecule has 0 aromatic heterocycles. The van der Waals surface area contributed by atoms with Crippen LogP contribution in [-0.2, 0) is 11.2 Å². The Labute approximate surface area is 161 Å². The van der Waals surface area contributed by atoms with Gasteiger partial charge >= 0.3 is 6.61 Å². The predicted octanol–water partition coefficient (Wildman–Crippen LogP) is 3.92. The van der Waals surface area contributed by atoms with Crippen LogP contribution in [0.4, 0.5) is 17.6 Å². The van der Waals surface area contributed by atoms with Crippen molar-refractivity contribution in [3.8, 4) is 5.75 Å². The Morgan fingerprint density at radius 3 is 2.39 bits per heavy atom. The van der Waals surface area contributed by atoms with E-state index in [1.54, 1.807) is 31.0 Å². The molecule has 1 amide bonds. The largest absolute Gasteiger partial charge is 0.435 e. The lowest BCUT2D eigenvalue weighted by molar-refractivity contribution is -0.122. The van der Waals surface area contributed by atoms with E-state index in [0.717, 1.165) is 17.7 Å². The molecular formula is C20H22F4N2O2. The Morgan fingerprint density at radius 2 is 1.79 bits per heavy atom. The summed E-state index contributed by atoms with van der Waals surface area (Å²) in [6.07, 6.45) is 0.531. The highest BCUT2D eigenvalue weighted by atomic mass is 19.3. The number of carbonyl (C=O) groups is 1. The summed E-state index contributed by atoms with van der Waals surface area (Å²) in [5.74, 6) is -1.97. The zero-order chi connectivity index (χ0) is 20.7. The Balaban J connectivity index is 1.77. The summed E-state index contributed by atoms with van der Waals surface area (Å²) in [6, 6.07) is 9.59. The van der Waals surface area contributed by atoms with Crippen LogP contribution < -0.4 is 10.1 Å². The Kier molecular flexibility index (Phi) is 7.80. The zero-order valence-electron chi connectivity index (χ0n) is 15.6. The second-order valence-electron chi connectivity index (χ2n) is 6.39. The smallest absolute Gasteiger partial charge is 0.387 e. The van der Waals surface area contributed by atoms with E-state index in [-0.39, 0.29) is 24.2 Å². The van der Waals surface area contributed by atoms with Gasteiger partial charge in [0.05, 0.1) is 6.54 Å². The number of carbonyl (C=O) groups excluding carboxylic acids is 1. The maximum Gasteiger partial charge on any atom is 0.387 e. The highest BCUT2D eigenvalue weighted by Gasteiger charge is 2.16. The van der Waals surface area contributed by atoms with Gasteiger partial charge in [0, 0.05) is 12.6 Å². The van der Waals surface area contributed by atoms with E-state index in [2.05, 4.69) is 10.1 Å². The second kappa shape index (κ2) is 10.1. The number of benzene rings is 2. The summed E-state index contributed by atoms with van der Waals surface area (Å²) in [5, 5.41) is 2.77. The van der Waals surface area contributed by atoms with Crippen molar-refractivity contribution in [1.29, 1.82) is 0 Å². The number of ether oxygens (including phenoxy) is 1. The lowest BCUT2D eigenvalue weighted by atomic mass is 10.1. The molecule has 2 rings (SSSR count). The highest BCUT2D eigenvalue weighted by Crippen LogP contribution is 2.20. The van der Waals surface area contributed by atoms with Crippen molar-refractivity contribution >= 4 is 5.91 Å². The van der Waals surface area contributed by atoms with Gasteiger partial charge in [-0.1, -0.05) is 18.2 Å². The number of rotatable bonds is 9. The van der Waals surface area contributed by atoms with Crippen LogP contribution in [0.2, 0.25) is 0 Å². The Morgan fingerprint density at radius 1 is 1.11 bits per heavy atom. The first-order chi connectivity index (χ1) is 13.3. The van der Waals surface area contributed by atoms with Gasteiger partial charge in [-0.05, 0) is 55.8 Å². The van der Waals surface area contributed by atoms with Crippen molar-refractivity contribution in [2.24, 2.45) is 0 Å². The van der Waals surface area contributed by atoms with Crippen LogP contribution >= 0.6 is 0 Å². The molecule has 0 fully saturated rings. The minimum atomic E-state index is -2.86. The van der Waals surface area contributed by atoms with Crippen LogP contribution in [0.5, 0.6) is 5.75 Å². The number of nitrogens with zero attached hydrogens (tertiary/aromatic N) is 1. The van der Waals surface area contributed by atoms with Crippen molar-refractivity contribution in [2.45, 2.75) is 26.0 Å². The van der Waals surface area contributed by atoms with Crippen molar-refractivity contribution in [1.82, 2.24) is 10.2 Å². The minimum absolute atomic E-state index is 0.0793. The van der Waals surface area contributed by atoms with Gasteiger partial charge in [-0.3, -0.25) is 9.69 Å². The molecule has 0 aliphatic carbocycles. The molecule has 1 unspecified atom stereocenters. The fourth-order valence-electron chi connectivity index (χ4n) is 2.63. The van der Waals surface area contributed by atoms with Gasteiger partial charge in [-0.2, -0.15) is 8.78 Å². The molecule has 2 aromatic carbocycles. The third-order valence-corrected chi connectivity index (χ3v) is 4.36. The van der Waals surface area contributed by atoms with Crippen molar-refractivity contribution < 1.29 is 27.1 Å². The van der Waals surface area contributed by atoms with E-state index in [1.807, 2.05) is 0 Å². The number of hydrogen-bond acceptors (Lipinski definition) is 3. The van der Waals surface area contributed by atoms with E-state index in [9.17, 15) is 22.4 Å². The van der Waals surface area contributed by atoms with Crippen molar-refractivity contribution in [2.75, 3.05) is 20.1 Å². The van der Waals surface area contributed by atoms with Gasteiger partial charge in [0.15, 0.2) is 11.6 Å². The van der Waals surface area contributed by atoms with E-state index < -0.39 is 18.2 Å². The lowest BCUT2D eigenvalue weighted by Crippen LogP contribution is -2.37. The standard InChI is InChI=1S/C20H22F4N2O2/c1-13(15-5-8-17(21)18(22)11-15)26(2)12-19(27)25-10-9-14-3-6-16(7-4-14)28-20(23)24/h3-8,11,13,20H,9-10,12H2,1-2H3,(H,25,27). The maximum atomic E-state index is 13.4. The van der Waals surface area contributed by atoms with Gasteiger partial charge < -0.3 is 10.1 Å². The third-order valence-electron chi connectivity index (χ3n) is 4.36. The summed E-state index contributed by atoms with van der Waals surface area (Å²) in [4.78, 5) is 13.8. The van der Waals surface area contributed by atoms with Gasteiger partial charge in [0.1, 0.15) is 5.75 Å². The summed E-state index contributed by atoms with van der Waals surface area (Å²) in [6.45, 7) is -0.609. The fraction of sp³-hybridized carbons (Fsp3) is 0.350. The second-order valence-corrected chi connectivity index (χ2v) is 6.39. The molecule has 28 heavy (non-hydrogen) atoms. The van der Waals surface area contributed by atoms with Crippen LogP contribution in [0.1, 0.15) is 24.1 Å². The number of likely N-dealkylation sites (N-methyl/N-ethyl adjacent to an activating group) is 1. The normalized spacial score (nSPS) is 12.3. The molecule has 8 heteroatoms. The summed E-state index contributed by atoms with van der Waals surface area (Å²) in [7, 11) is 1.72. The number of nitrogens with one attached hydrogen (secondary N) is 1. The molecule has 0 aliphatic heterocycles. The topological polar surface area (TPSA) is 41.6 Å². The first-order valence-electron chi connectivity index (χ1n) is 8.72. The van der Waals surface area contributed by atoms with Crippen LogP contribution in [0.25, 0.3) is 0 Å². The lowest BCUT2D eigenvalue weighted by Gasteiger charge is -2.24. The van der Waals surface area contributed by atoms with Crippen LogP contribution in [-0.4, -0.2) is 37.6 Å². The summed E-state index contributed by atoms with van der Waals surface area (Å²) < 4.78 is 54.9. The van der Waals surface area contributed by atoms with Crippen molar-refractivity contribution in [3.63, 3.8) is 0 Å². The molecule has 4 nitrogen and oxygen atoms in total. The zero-order valence-corrected chi connectivity index (χ0v) is 15.6. The van der Waals surface area contributed by atoms with Gasteiger partial charge in [-0.25, -0.2) is 8.78 Å². The summed E-state index contributed by atoms with van der Waals surface area (Å²) >= 11 is 0.